The zero-order valence-corrected chi connectivity index (χ0v) is 14.2. The number of methoxy groups -OCH3 is 1. The minimum atomic E-state index is -3.95. The van der Waals surface area contributed by atoms with E-state index in [9.17, 15) is 13.2 Å². The van der Waals surface area contributed by atoms with Crippen molar-refractivity contribution in [3.63, 3.8) is 0 Å². The molecule has 0 saturated heterocycles. The van der Waals surface area contributed by atoms with Crippen LogP contribution in [0.15, 0.2) is 14.7 Å². The number of amides is 1. The molecule has 0 spiro atoms. The van der Waals surface area contributed by atoms with Crippen molar-refractivity contribution >= 4 is 27.3 Å². The van der Waals surface area contributed by atoms with Crippen molar-refractivity contribution in [2.75, 3.05) is 7.11 Å². The number of carbonyl (C=O) groups is 1. The van der Waals surface area contributed by atoms with E-state index in [1.807, 2.05) is 4.72 Å². The van der Waals surface area contributed by atoms with Gasteiger partial charge in [0.05, 0.1) is 16.3 Å². The highest BCUT2D eigenvalue weighted by Crippen LogP contribution is 2.23. The summed E-state index contributed by atoms with van der Waals surface area (Å²) >= 11 is 1.02. The number of furan rings is 1. The summed E-state index contributed by atoms with van der Waals surface area (Å²) in [6.07, 6.45) is 0. The van der Waals surface area contributed by atoms with Crippen LogP contribution in [-0.4, -0.2) is 26.4 Å². The number of hydrogen-bond donors (Lipinski definition) is 1. The number of nitrogens with one attached hydrogen (secondary N) is 1. The molecule has 0 aliphatic carbocycles. The predicted molar refractivity (Wildman–Crippen MR) is 80.4 cm³/mol. The molecule has 0 saturated carbocycles. The van der Waals surface area contributed by atoms with Crippen LogP contribution < -0.4 is 4.72 Å². The second-order valence-electron chi connectivity index (χ2n) is 4.66. The lowest BCUT2D eigenvalue weighted by Crippen LogP contribution is -2.30. The molecule has 2 heterocycles. The fraction of sp³-hybridized carbons (Fsp3) is 0.385. The fourth-order valence-corrected chi connectivity index (χ4v) is 4.42. The van der Waals surface area contributed by atoms with Crippen molar-refractivity contribution in [1.29, 1.82) is 0 Å². The van der Waals surface area contributed by atoms with Crippen LogP contribution in [0.3, 0.4) is 0 Å². The van der Waals surface area contributed by atoms with Gasteiger partial charge in [0.2, 0.25) is 0 Å². The third-order valence-electron chi connectivity index (χ3n) is 2.83. The maximum atomic E-state index is 12.3. The molecule has 0 aliphatic heterocycles. The van der Waals surface area contributed by atoms with Crippen LogP contribution in [0, 0.1) is 20.8 Å². The van der Waals surface area contributed by atoms with Gasteiger partial charge in [-0.25, -0.2) is 18.1 Å². The third-order valence-corrected chi connectivity index (χ3v) is 5.85. The summed E-state index contributed by atoms with van der Waals surface area (Å²) in [6.45, 7) is 5.08. The van der Waals surface area contributed by atoms with Gasteiger partial charge in [-0.05, 0) is 26.8 Å². The fourth-order valence-electron chi connectivity index (χ4n) is 1.97. The Morgan fingerprint density at radius 3 is 2.64 bits per heavy atom. The Hall–Kier alpha value is -1.71. The van der Waals surface area contributed by atoms with Gasteiger partial charge in [0.25, 0.3) is 15.9 Å². The van der Waals surface area contributed by atoms with E-state index in [-0.39, 0.29) is 16.4 Å². The molecule has 1 N–H and O–H groups in total. The van der Waals surface area contributed by atoms with Crippen molar-refractivity contribution in [3.05, 3.63) is 33.9 Å². The van der Waals surface area contributed by atoms with Gasteiger partial charge in [0.15, 0.2) is 4.21 Å². The van der Waals surface area contributed by atoms with Crippen molar-refractivity contribution in [2.45, 2.75) is 31.6 Å². The Kier molecular flexibility index (Phi) is 4.69. The van der Waals surface area contributed by atoms with Crippen LogP contribution in [0.4, 0.5) is 0 Å². The van der Waals surface area contributed by atoms with Crippen molar-refractivity contribution in [1.82, 2.24) is 9.71 Å². The van der Waals surface area contributed by atoms with Gasteiger partial charge in [-0.1, -0.05) is 0 Å². The molecule has 120 valence electrons. The molecule has 0 atom stereocenters. The first-order valence-corrected chi connectivity index (χ1v) is 8.64. The average molecular weight is 344 g/mol. The van der Waals surface area contributed by atoms with Crippen molar-refractivity contribution < 1.29 is 22.4 Å². The van der Waals surface area contributed by atoms with Crippen LogP contribution in [0.5, 0.6) is 0 Å². The highest BCUT2D eigenvalue weighted by Gasteiger charge is 2.25. The lowest BCUT2D eigenvalue weighted by Gasteiger charge is -2.04. The van der Waals surface area contributed by atoms with Gasteiger partial charge in [-0.2, -0.15) is 0 Å². The molecule has 0 unspecified atom stereocenters. The molecule has 0 bridgehead atoms. The first-order valence-electron chi connectivity index (χ1n) is 6.34. The summed E-state index contributed by atoms with van der Waals surface area (Å²) in [4.78, 5) is 16.2. The monoisotopic (exact) mass is 344 g/mol. The number of nitrogens with zero attached hydrogens (tertiary/aromatic N) is 1. The molecule has 2 aromatic heterocycles. The molecule has 7 nitrogen and oxygen atoms in total. The van der Waals surface area contributed by atoms with Crippen molar-refractivity contribution in [3.8, 4) is 0 Å². The summed E-state index contributed by atoms with van der Waals surface area (Å²) in [5.41, 5.74) is 0.529. The highest BCUT2D eigenvalue weighted by molar-refractivity contribution is 7.92. The smallest absolute Gasteiger partial charge is 0.275 e. The van der Waals surface area contributed by atoms with Gasteiger partial charge >= 0.3 is 0 Å². The Labute approximate surface area is 132 Å². The molecular weight excluding hydrogens is 328 g/mol. The molecule has 22 heavy (non-hydrogen) atoms. The number of sulfonamides is 1. The molecule has 0 aromatic carbocycles. The van der Waals surface area contributed by atoms with Crippen molar-refractivity contribution in [2.24, 2.45) is 0 Å². The Morgan fingerprint density at radius 2 is 2.09 bits per heavy atom. The van der Waals surface area contributed by atoms with Crippen LogP contribution >= 0.6 is 11.3 Å². The van der Waals surface area contributed by atoms with Crippen LogP contribution in [-0.2, 0) is 21.4 Å². The summed E-state index contributed by atoms with van der Waals surface area (Å²) in [5, 5.41) is 0.618. The van der Waals surface area contributed by atoms with Gasteiger partial charge < -0.3 is 9.15 Å². The number of rotatable bonds is 5. The quantitative estimate of drug-likeness (QED) is 0.890. The van der Waals surface area contributed by atoms with E-state index in [0.29, 0.717) is 22.2 Å². The second-order valence-corrected chi connectivity index (χ2v) is 7.74. The standard InChI is InChI=1S/C13H16N2O5S2/c1-7-13(21-9(3)14-7)22(17,18)15-12(16)11-5-10(6-19-4)20-8(11)2/h5H,6H2,1-4H3,(H,15,16). The van der Waals surface area contributed by atoms with E-state index >= 15 is 0 Å². The Morgan fingerprint density at radius 1 is 1.41 bits per heavy atom. The topological polar surface area (TPSA) is 98.5 Å². The summed E-state index contributed by atoms with van der Waals surface area (Å²) < 4.78 is 36.9. The zero-order valence-electron chi connectivity index (χ0n) is 12.6. The molecular formula is C13H16N2O5S2. The van der Waals surface area contributed by atoms with Gasteiger partial charge in [0, 0.05) is 7.11 Å². The van der Waals surface area contributed by atoms with Gasteiger partial charge in [0.1, 0.15) is 18.1 Å². The normalized spacial score (nSPS) is 11.6. The molecule has 0 aliphatic rings. The first kappa shape index (κ1) is 16.7. The maximum absolute atomic E-state index is 12.3. The van der Waals surface area contributed by atoms with Gasteiger partial charge in [-0.3, -0.25) is 4.79 Å². The molecule has 2 rings (SSSR count). The Bertz CT molecular complexity index is 805. The van der Waals surface area contributed by atoms with Crippen LogP contribution in [0.2, 0.25) is 0 Å². The zero-order chi connectivity index (χ0) is 16.5. The average Bonchev–Trinajstić information content (AvgIpc) is 2.92. The first-order chi connectivity index (χ1) is 10.2. The maximum Gasteiger partial charge on any atom is 0.275 e. The number of hydrogen-bond acceptors (Lipinski definition) is 7. The molecule has 0 fully saturated rings. The van der Waals surface area contributed by atoms with Gasteiger partial charge in [-0.15, -0.1) is 11.3 Å². The van der Waals surface area contributed by atoms with E-state index in [1.165, 1.54) is 13.2 Å². The van der Waals surface area contributed by atoms with E-state index in [0.717, 1.165) is 11.3 Å². The number of thiazole rings is 1. The Balaban J connectivity index is 2.26. The second kappa shape index (κ2) is 6.19. The highest BCUT2D eigenvalue weighted by atomic mass is 32.2. The van der Waals surface area contributed by atoms with E-state index in [4.69, 9.17) is 9.15 Å². The largest absolute Gasteiger partial charge is 0.463 e. The number of aromatic nitrogens is 1. The summed E-state index contributed by atoms with van der Waals surface area (Å²) in [6, 6.07) is 1.47. The minimum Gasteiger partial charge on any atom is -0.463 e. The predicted octanol–water partition coefficient (Wildman–Crippen LogP) is 1.93. The van der Waals surface area contributed by atoms with E-state index in [1.54, 1.807) is 20.8 Å². The van der Waals surface area contributed by atoms with E-state index in [2.05, 4.69) is 4.98 Å². The number of aryl methyl sites for hydroxylation is 3. The molecule has 9 heteroatoms. The lowest BCUT2D eigenvalue weighted by molar-refractivity contribution is 0.0980. The number of ether oxygens (including phenoxy) is 1. The SMILES string of the molecule is COCc1cc(C(=O)NS(=O)(=O)c2sc(C)nc2C)c(C)o1. The van der Waals surface area contributed by atoms with E-state index < -0.39 is 15.9 Å². The third kappa shape index (κ3) is 3.37. The summed E-state index contributed by atoms with van der Waals surface area (Å²) in [7, 11) is -2.46. The molecule has 2 aromatic rings. The molecule has 1 amide bonds. The van der Waals surface area contributed by atoms with Crippen LogP contribution in [0.25, 0.3) is 0 Å². The minimum absolute atomic E-state index is 0.0385. The summed E-state index contributed by atoms with van der Waals surface area (Å²) in [5.74, 6) is 0.0402. The number of carbonyl (C=O) groups excluding carboxylic acids is 1. The van der Waals surface area contributed by atoms with Crippen LogP contribution in [0.1, 0.15) is 32.6 Å². The molecule has 0 radical (unpaired) electrons. The lowest BCUT2D eigenvalue weighted by atomic mass is 10.2.